The predicted molar refractivity (Wildman–Crippen MR) is 46.4 cm³/mol. The number of hydrogen-bond acceptors (Lipinski definition) is 5. The zero-order valence-corrected chi connectivity index (χ0v) is 8.52. The summed E-state index contributed by atoms with van der Waals surface area (Å²) >= 11 is 0. The molecule has 82 valence electrons. The summed E-state index contributed by atoms with van der Waals surface area (Å²) < 4.78 is 10.1. The van der Waals surface area contributed by atoms with Crippen molar-refractivity contribution in [2.24, 2.45) is 5.41 Å². The van der Waals surface area contributed by atoms with Gasteiger partial charge in [0.15, 0.2) is 11.9 Å². The lowest BCUT2D eigenvalue weighted by Crippen LogP contribution is -2.36. The quantitative estimate of drug-likeness (QED) is 0.529. The number of hydrogen-bond donors (Lipinski definition) is 3. The lowest BCUT2D eigenvalue weighted by atomic mass is 10.0. The summed E-state index contributed by atoms with van der Waals surface area (Å²) in [6, 6.07) is 0. The highest BCUT2D eigenvalue weighted by Gasteiger charge is 2.92. The molecule has 0 radical (unpaired) electrons. The number of fused-ring (bicyclic) bond motifs is 1. The Morgan fingerprint density at radius 3 is 2.14 bits per heavy atom. The standard InChI is InChI=1S/C9H16O5/c1-7(2)8(11)5(4-10)14-6(13-3)9(7,8)12/h5-6,10-12H,4H2,1-3H3/t5-,6?,8+,9-/m1/s1. The van der Waals surface area contributed by atoms with E-state index in [0.29, 0.717) is 0 Å². The molecule has 4 atom stereocenters. The largest absolute Gasteiger partial charge is 0.394 e. The smallest absolute Gasteiger partial charge is 0.190 e. The summed E-state index contributed by atoms with van der Waals surface area (Å²) in [4.78, 5) is 0. The van der Waals surface area contributed by atoms with Crippen LogP contribution in [-0.4, -0.2) is 52.6 Å². The maximum absolute atomic E-state index is 10.2. The molecule has 0 bridgehead atoms. The van der Waals surface area contributed by atoms with Gasteiger partial charge in [0.05, 0.1) is 6.61 Å². The van der Waals surface area contributed by atoms with Crippen molar-refractivity contribution >= 4 is 0 Å². The zero-order valence-electron chi connectivity index (χ0n) is 8.52. The number of ether oxygens (including phenoxy) is 2. The molecule has 1 unspecified atom stereocenters. The minimum atomic E-state index is -1.41. The van der Waals surface area contributed by atoms with Crippen LogP contribution in [0.15, 0.2) is 0 Å². The van der Waals surface area contributed by atoms with Gasteiger partial charge in [0.2, 0.25) is 0 Å². The van der Waals surface area contributed by atoms with E-state index in [9.17, 15) is 10.2 Å². The summed E-state index contributed by atoms with van der Waals surface area (Å²) in [5, 5.41) is 29.4. The normalized spacial score (nSPS) is 54.4. The average Bonchev–Trinajstić information content (AvgIpc) is 2.42. The first-order chi connectivity index (χ1) is 6.37. The first-order valence-corrected chi connectivity index (χ1v) is 4.61. The lowest BCUT2D eigenvalue weighted by Gasteiger charge is -2.24. The number of rotatable bonds is 2. The van der Waals surface area contributed by atoms with Crippen LogP contribution in [0.3, 0.4) is 0 Å². The maximum Gasteiger partial charge on any atom is 0.190 e. The maximum atomic E-state index is 10.2. The number of methoxy groups -OCH3 is 1. The third kappa shape index (κ3) is 0.686. The van der Waals surface area contributed by atoms with E-state index in [1.807, 2.05) is 0 Å². The van der Waals surface area contributed by atoms with Gasteiger partial charge in [-0.25, -0.2) is 0 Å². The molecule has 0 amide bonds. The van der Waals surface area contributed by atoms with Gasteiger partial charge < -0.3 is 24.8 Å². The summed E-state index contributed by atoms with van der Waals surface area (Å²) in [5.74, 6) is 0. The summed E-state index contributed by atoms with van der Waals surface area (Å²) in [6.45, 7) is 3.12. The van der Waals surface area contributed by atoms with Gasteiger partial charge >= 0.3 is 0 Å². The van der Waals surface area contributed by atoms with Crippen molar-refractivity contribution in [1.82, 2.24) is 0 Å². The van der Waals surface area contributed by atoms with Crippen molar-refractivity contribution in [1.29, 1.82) is 0 Å². The first kappa shape index (κ1) is 10.3. The molecular formula is C9H16O5. The molecule has 5 nitrogen and oxygen atoms in total. The molecule has 1 heterocycles. The average molecular weight is 204 g/mol. The van der Waals surface area contributed by atoms with Crippen LogP contribution in [0.4, 0.5) is 0 Å². The van der Waals surface area contributed by atoms with E-state index >= 15 is 0 Å². The van der Waals surface area contributed by atoms with E-state index in [1.165, 1.54) is 7.11 Å². The highest BCUT2D eigenvalue weighted by Crippen LogP contribution is 2.72. The van der Waals surface area contributed by atoms with Gasteiger partial charge in [0.1, 0.15) is 11.7 Å². The van der Waals surface area contributed by atoms with Gasteiger partial charge in [-0.05, 0) is 0 Å². The Hall–Kier alpha value is -0.200. The van der Waals surface area contributed by atoms with Crippen LogP contribution >= 0.6 is 0 Å². The van der Waals surface area contributed by atoms with Crippen LogP contribution in [-0.2, 0) is 9.47 Å². The van der Waals surface area contributed by atoms with Crippen LogP contribution in [0.5, 0.6) is 0 Å². The second-order valence-electron chi connectivity index (χ2n) is 4.53. The fraction of sp³-hybridized carbons (Fsp3) is 1.00. The Labute approximate surface area is 82.3 Å². The second kappa shape index (κ2) is 2.48. The first-order valence-electron chi connectivity index (χ1n) is 4.61. The van der Waals surface area contributed by atoms with Crippen molar-refractivity contribution in [2.45, 2.75) is 37.4 Å². The molecule has 2 fully saturated rings. The Morgan fingerprint density at radius 2 is 1.86 bits per heavy atom. The molecule has 1 aliphatic carbocycles. The molecule has 0 aromatic carbocycles. The number of aliphatic hydroxyl groups excluding tert-OH is 1. The molecule has 0 aromatic rings. The van der Waals surface area contributed by atoms with Crippen molar-refractivity contribution < 1.29 is 24.8 Å². The van der Waals surface area contributed by atoms with E-state index in [2.05, 4.69) is 0 Å². The fourth-order valence-electron chi connectivity index (χ4n) is 2.77. The molecular weight excluding hydrogens is 188 g/mol. The molecule has 3 N–H and O–H groups in total. The Morgan fingerprint density at radius 1 is 1.29 bits per heavy atom. The summed E-state index contributed by atoms with van der Waals surface area (Å²) in [5.41, 5.74) is -3.54. The van der Waals surface area contributed by atoms with E-state index in [1.54, 1.807) is 13.8 Å². The van der Waals surface area contributed by atoms with Gasteiger partial charge in [-0.3, -0.25) is 0 Å². The third-order valence-electron chi connectivity index (χ3n) is 3.90. The monoisotopic (exact) mass is 204 g/mol. The van der Waals surface area contributed by atoms with Gasteiger partial charge in [0.25, 0.3) is 0 Å². The van der Waals surface area contributed by atoms with Crippen LogP contribution in [0.25, 0.3) is 0 Å². The van der Waals surface area contributed by atoms with Crippen molar-refractivity contribution in [3.05, 3.63) is 0 Å². The highest BCUT2D eigenvalue weighted by atomic mass is 16.7. The summed E-state index contributed by atoms with van der Waals surface area (Å²) in [7, 11) is 1.40. The van der Waals surface area contributed by atoms with Crippen LogP contribution in [0.2, 0.25) is 0 Å². The molecule has 0 aromatic heterocycles. The SMILES string of the molecule is COC1O[C@H](CO)[C@]2(O)C(C)(C)[C@]12O. The minimum Gasteiger partial charge on any atom is -0.394 e. The molecule has 2 rings (SSSR count). The third-order valence-corrected chi connectivity index (χ3v) is 3.90. The van der Waals surface area contributed by atoms with E-state index in [0.717, 1.165) is 0 Å². The predicted octanol–water partition coefficient (Wildman–Crippen LogP) is -1.15. The Kier molecular flexibility index (Phi) is 1.83. The van der Waals surface area contributed by atoms with E-state index in [4.69, 9.17) is 14.6 Å². The molecule has 1 saturated carbocycles. The topological polar surface area (TPSA) is 79.2 Å². The minimum absolute atomic E-state index is 0.331. The van der Waals surface area contributed by atoms with Crippen LogP contribution < -0.4 is 0 Å². The molecule has 5 heteroatoms. The van der Waals surface area contributed by atoms with Crippen molar-refractivity contribution in [3.8, 4) is 0 Å². The lowest BCUT2D eigenvalue weighted by molar-refractivity contribution is -0.200. The van der Waals surface area contributed by atoms with Crippen molar-refractivity contribution in [2.75, 3.05) is 13.7 Å². The Balaban J connectivity index is 2.37. The number of aliphatic hydroxyl groups is 3. The van der Waals surface area contributed by atoms with E-state index in [-0.39, 0.29) is 6.61 Å². The molecule has 1 aliphatic heterocycles. The van der Waals surface area contributed by atoms with Gasteiger partial charge in [-0.15, -0.1) is 0 Å². The van der Waals surface area contributed by atoms with Crippen LogP contribution in [0.1, 0.15) is 13.8 Å². The highest BCUT2D eigenvalue weighted by molar-refractivity contribution is 5.39. The molecule has 14 heavy (non-hydrogen) atoms. The second-order valence-corrected chi connectivity index (χ2v) is 4.53. The van der Waals surface area contributed by atoms with Gasteiger partial charge in [-0.2, -0.15) is 0 Å². The van der Waals surface area contributed by atoms with E-state index < -0.39 is 29.0 Å². The fourth-order valence-corrected chi connectivity index (χ4v) is 2.77. The molecule has 1 saturated heterocycles. The molecule has 2 aliphatic rings. The summed E-state index contributed by atoms with van der Waals surface area (Å²) in [6.07, 6.45) is -1.66. The van der Waals surface area contributed by atoms with Gasteiger partial charge in [0, 0.05) is 12.5 Å². The van der Waals surface area contributed by atoms with Crippen LogP contribution in [0, 0.1) is 5.41 Å². The van der Waals surface area contributed by atoms with Gasteiger partial charge in [-0.1, -0.05) is 13.8 Å². The molecule has 0 spiro atoms. The zero-order chi connectivity index (χ0) is 10.8. The van der Waals surface area contributed by atoms with Crippen molar-refractivity contribution in [3.63, 3.8) is 0 Å². The Bertz CT molecular complexity index is 242.